The number of nitrogens with two attached hydrogens (primary N) is 2. The molecule has 0 aliphatic rings. The van der Waals surface area contributed by atoms with E-state index in [2.05, 4.69) is 41.2 Å². The van der Waals surface area contributed by atoms with Crippen LogP contribution in [0.4, 0.5) is 10.1 Å². The van der Waals surface area contributed by atoms with Crippen LogP contribution in [0.25, 0.3) is 0 Å². The molecule has 0 atom stereocenters. The predicted molar refractivity (Wildman–Crippen MR) is 100 cm³/mol. The Bertz CT molecular complexity index is 965. The second-order valence-corrected chi connectivity index (χ2v) is 8.55. The number of thioether (sulfide) groups is 1. The van der Waals surface area contributed by atoms with Gasteiger partial charge in [0.15, 0.2) is 22.4 Å². The monoisotopic (exact) mass is 480 g/mol. The van der Waals surface area contributed by atoms with E-state index in [1.54, 1.807) is 6.07 Å². The third-order valence-corrected chi connectivity index (χ3v) is 5.10. The number of carbonyl (C=O) groups is 1. The number of carbonyl (C=O) groups excluding carboxylic acids is 1. The predicted octanol–water partition coefficient (Wildman–Crippen LogP) is 0.505. The molecule has 0 bridgehead atoms. The third kappa shape index (κ3) is 6.57. The lowest BCUT2D eigenvalue weighted by Crippen LogP contribution is -2.34. The molecule has 0 unspecified atom stereocenters. The number of aliphatic imine (C=N–C) groups is 1. The van der Waals surface area contributed by atoms with E-state index in [1.165, 1.54) is 12.1 Å². The Hall–Kier alpha value is -2.03. The number of primary sulfonamides is 1. The fourth-order valence-corrected chi connectivity index (χ4v) is 3.35. The fourth-order valence-electron chi connectivity index (χ4n) is 1.77. The van der Waals surface area contributed by atoms with Crippen molar-refractivity contribution in [2.24, 2.45) is 15.9 Å². The Kier molecular flexibility index (Phi) is 7.29. The van der Waals surface area contributed by atoms with Crippen LogP contribution in [0.1, 0.15) is 5.69 Å². The Morgan fingerprint density at radius 2 is 2.15 bits per heavy atom. The van der Waals surface area contributed by atoms with E-state index in [0.717, 1.165) is 11.8 Å². The summed E-state index contributed by atoms with van der Waals surface area (Å²) in [5.41, 5.74) is 5.99. The molecular formula is C13H14BrFN6O4S2. The van der Waals surface area contributed by atoms with Crippen LogP contribution in [0.15, 0.2) is 37.3 Å². The van der Waals surface area contributed by atoms with Gasteiger partial charge in [-0.15, -0.1) is 0 Å². The standard InChI is InChI=1S/C13H14BrFN6O4S2/c14-7-2-1-3-8(10(7)15)19-12(16)11-13(21-25-20-11)26-5-4-18-9(22)6-27(17,23)24/h1-3H,4-6H2,(H2,16,19)(H,18,22)(H2,17,23,24). The molecule has 1 amide bonds. The molecule has 0 fully saturated rings. The van der Waals surface area contributed by atoms with Crippen LogP contribution < -0.4 is 16.2 Å². The number of hydrogen-bond acceptors (Lipinski definition) is 8. The van der Waals surface area contributed by atoms with E-state index in [9.17, 15) is 17.6 Å². The Balaban J connectivity index is 1.98. The van der Waals surface area contributed by atoms with Crippen LogP contribution in [0.2, 0.25) is 0 Å². The highest BCUT2D eigenvalue weighted by Crippen LogP contribution is 2.26. The molecule has 146 valence electrons. The molecule has 0 aliphatic carbocycles. The maximum absolute atomic E-state index is 14.0. The third-order valence-electron chi connectivity index (χ3n) is 2.87. The zero-order valence-electron chi connectivity index (χ0n) is 13.6. The molecule has 10 nitrogen and oxygen atoms in total. The summed E-state index contributed by atoms with van der Waals surface area (Å²) in [5.74, 6) is -1.89. The summed E-state index contributed by atoms with van der Waals surface area (Å²) in [6.45, 7) is 0.141. The zero-order valence-corrected chi connectivity index (χ0v) is 16.8. The van der Waals surface area contributed by atoms with E-state index < -0.39 is 27.5 Å². The Morgan fingerprint density at radius 1 is 1.41 bits per heavy atom. The lowest BCUT2D eigenvalue weighted by molar-refractivity contribution is -0.118. The normalized spacial score (nSPS) is 12.2. The number of nitrogens with one attached hydrogen (secondary N) is 1. The first-order valence-corrected chi connectivity index (χ1v) is 10.7. The zero-order chi connectivity index (χ0) is 20.0. The molecule has 0 spiro atoms. The van der Waals surface area contributed by atoms with Gasteiger partial charge in [0.2, 0.25) is 15.9 Å². The Morgan fingerprint density at radius 3 is 2.85 bits per heavy atom. The summed E-state index contributed by atoms with van der Waals surface area (Å²) < 4.78 is 40.5. The molecule has 0 radical (unpaired) electrons. The molecule has 1 heterocycles. The van der Waals surface area contributed by atoms with Crippen molar-refractivity contribution in [3.8, 4) is 0 Å². The van der Waals surface area contributed by atoms with Gasteiger partial charge in [-0.3, -0.25) is 4.79 Å². The quantitative estimate of drug-likeness (QED) is 0.212. The minimum absolute atomic E-state index is 0.0103. The average Bonchev–Trinajstić information content (AvgIpc) is 3.03. The molecule has 0 aliphatic heterocycles. The van der Waals surface area contributed by atoms with Crippen LogP contribution in [0.3, 0.4) is 0 Å². The summed E-state index contributed by atoms with van der Waals surface area (Å²) in [6, 6.07) is 4.56. The number of rotatable bonds is 8. The van der Waals surface area contributed by atoms with E-state index in [-0.39, 0.29) is 33.3 Å². The first-order valence-electron chi connectivity index (χ1n) is 7.18. The first kappa shape index (κ1) is 21.3. The number of benzene rings is 1. The molecule has 2 rings (SSSR count). The SMILES string of the molecule is NC(=Nc1cccc(Br)c1F)c1nonc1SCCNC(=O)CS(N)(=O)=O. The lowest BCUT2D eigenvalue weighted by atomic mass is 10.3. The van der Waals surface area contributed by atoms with E-state index in [4.69, 9.17) is 10.9 Å². The molecule has 1 aromatic heterocycles. The van der Waals surface area contributed by atoms with Gasteiger partial charge in [0.1, 0.15) is 11.4 Å². The first-order chi connectivity index (χ1) is 12.7. The van der Waals surface area contributed by atoms with Gasteiger partial charge in [-0.25, -0.2) is 27.6 Å². The minimum atomic E-state index is -3.88. The number of hydrogen-bond donors (Lipinski definition) is 3. The van der Waals surface area contributed by atoms with Crippen LogP contribution in [0, 0.1) is 5.82 Å². The van der Waals surface area contributed by atoms with Crippen molar-refractivity contribution >= 4 is 55.1 Å². The number of nitrogens with zero attached hydrogens (tertiary/aromatic N) is 3. The van der Waals surface area contributed by atoms with Crippen molar-refractivity contribution in [3.05, 3.63) is 34.2 Å². The summed E-state index contributed by atoms with van der Waals surface area (Å²) >= 11 is 4.19. The molecule has 5 N–H and O–H groups in total. The lowest BCUT2D eigenvalue weighted by Gasteiger charge is -2.04. The summed E-state index contributed by atoms with van der Waals surface area (Å²) in [7, 11) is -3.88. The topological polar surface area (TPSA) is 167 Å². The van der Waals surface area contributed by atoms with Gasteiger partial charge in [0.05, 0.1) is 4.47 Å². The van der Waals surface area contributed by atoms with Gasteiger partial charge >= 0.3 is 0 Å². The summed E-state index contributed by atoms with van der Waals surface area (Å²) in [5, 5.41) is 14.8. The fraction of sp³-hybridized carbons (Fsp3) is 0.231. The van der Waals surface area contributed by atoms with E-state index in [1.807, 2.05) is 0 Å². The molecule has 0 saturated carbocycles. The highest BCUT2D eigenvalue weighted by Gasteiger charge is 2.16. The number of aromatic nitrogens is 2. The van der Waals surface area contributed by atoms with Crippen LogP contribution >= 0.6 is 27.7 Å². The van der Waals surface area contributed by atoms with Gasteiger partial charge in [-0.2, -0.15) is 0 Å². The molecule has 14 heteroatoms. The van der Waals surface area contributed by atoms with Crippen LogP contribution in [-0.4, -0.2) is 48.5 Å². The number of sulfonamides is 1. The summed E-state index contributed by atoms with van der Waals surface area (Å²) in [6.07, 6.45) is 0. The molecule has 2 aromatic rings. The maximum atomic E-state index is 14.0. The highest BCUT2D eigenvalue weighted by molar-refractivity contribution is 9.10. The van der Waals surface area contributed by atoms with Crippen molar-refractivity contribution < 1.29 is 22.2 Å². The van der Waals surface area contributed by atoms with Crippen LogP contribution in [-0.2, 0) is 14.8 Å². The van der Waals surface area contributed by atoms with Crippen molar-refractivity contribution in [2.75, 3.05) is 18.1 Å². The summed E-state index contributed by atoms with van der Waals surface area (Å²) in [4.78, 5) is 15.3. The number of amidine groups is 1. The van der Waals surface area contributed by atoms with Crippen molar-refractivity contribution in [1.29, 1.82) is 0 Å². The minimum Gasteiger partial charge on any atom is -0.382 e. The smallest absolute Gasteiger partial charge is 0.236 e. The molecule has 0 saturated heterocycles. The van der Waals surface area contributed by atoms with Crippen molar-refractivity contribution in [1.82, 2.24) is 15.6 Å². The number of halogens is 2. The van der Waals surface area contributed by atoms with Gasteiger partial charge in [-0.1, -0.05) is 17.8 Å². The van der Waals surface area contributed by atoms with Gasteiger partial charge in [0, 0.05) is 12.3 Å². The second-order valence-electron chi connectivity index (χ2n) is 4.99. The van der Waals surface area contributed by atoms with Crippen LogP contribution in [0.5, 0.6) is 0 Å². The largest absolute Gasteiger partial charge is 0.382 e. The van der Waals surface area contributed by atoms with Gasteiger partial charge in [0.25, 0.3) is 0 Å². The molecule has 27 heavy (non-hydrogen) atoms. The van der Waals surface area contributed by atoms with E-state index in [0.29, 0.717) is 5.75 Å². The van der Waals surface area contributed by atoms with E-state index >= 15 is 0 Å². The van der Waals surface area contributed by atoms with Crippen molar-refractivity contribution in [3.63, 3.8) is 0 Å². The Labute approximate surface area is 166 Å². The van der Waals surface area contributed by atoms with Gasteiger partial charge in [-0.05, 0) is 38.4 Å². The second kappa shape index (κ2) is 9.25. The highest BCUT2D eigenvalue weighted by atomic mass is 79.9. The molecular weight excluding hydrogens is 467 g/mol. The average molecular weight is 481 g/mol. The number of amides is 1. The van der Waals surface area contributed by atoms with Crippen molar-refractivity contribution in [2.45, 2.75) is 5.03 Å². The maximum Gasteiger partial charge on any atom is 0.236 e. The van der Waals surface area contributed by atoms with Gasteiger partial charge < -0.3 is 11.1 Å². The molecule has 1 aromatic carbocycles.